The van der Waals surface area contributed by atoms with Crippen molar-refractivity contribution < 1.29 is 18.3 Å². The summed E-state index contributed by atoms with van der Waals surface area (Å²) in [4.78, 5) is 14.4. The van der Waals surface area contributed by atoms with Crippen molar-refractivity contribution >= 4 is 15.9 Å². The molecule has 1 aliphatic rings. The minimum Gasteiger partial charge on any atom is -0.391 e. The predicted molar refractivity (Wildman–Crippen MR) is 110 cm³/mol. The molecule has 29 heavy (non-hydrogen) atoms. The molecule has 1 fully saturated rings. The van der Waals surface area contributed by atoms with Gasteiger partial charge < -0.3 is 10.0 Å². The van der Waals surface area contributed by atoms with E-state index in [0.29, 0.717) is 0 Å². The van der Waals surface area contributed by atoms with Crippen LogP contribution in [0.25, 0.3) is 5.69 Å². The summed E-state index contributed by atoms with van der Waals surface area (Å²) in [6, 6.07) is 9.72. The molecule has 0 unspecified atom stereocenters. The highest BCUT2D eigenvalue weighted by molar-refractivity contribution is 7.89. The van der Waals surface area contributed by atoms with Crippen molar-refractivity contribution in [1.82, 2.24) is 19.0 Å². The summed E-state index contributed by atoms with van der Waals surface area (Å²) in [7, 11) is -0.506. The van der Waals surface area contributed by atoms with Gasteiger partial charge in [0.2, 0.25) is 15.9 Å². The first-order valence-corrected chi connectivity index (χ1v) is 11.2. The van der Waals surface area contributed by atoms with Crippen LogP contribution in [-0.2, 0) is 21.2 Å². The minimum atomic E-state index is -3.44. The molecule has 0 bridgehead atoms. The van der Waals surface area contributed by atoms with Crippen molar-refractivity contribution in [3.8, 4) is 5.69 Å². The largest absolute Gasteiger partial charge is 0.391 e. The first kappa shape index (κ1) is 21.5. The number of carbonyl (C=O) groups excluding carboxylic acids is 1. The topological polar surface area (TPSA) is 95.7 Å². The fraction of sp³-hybridized carbons (Fsp3) is 0.500. The Hall–Kier alpha value is -2.23. The summed E-state index contributed by atoms with van der Waals surface area (Å²) in [5, 5.41) is 14.9. The number of rotatable bonds is 6. The number of carbonyl (C=O) groups is 1. The second-order valence-electron chi connectivity index (χ2n) is 7.76. The lowest BCUT2D eigenvalue weighted by Gasteiger charge is -2.18. The number of β-amino-alcohol motifs (C(OH)–C–C–N with tert-alkyl or cyclic N) is 1. The second kappa shape index (κ2) is 8.25. The number of benzene rings is 1. The third-order valence-electron chi connectivity index (χ3n) is 5.51. The van der Waals surface area contributed by atoms with Crippen molar-refractivity contribution in [3.05, 3.63) is 47.3 Å². The first-order chi connectivity index (χ1) is 13.6. The number of hydrogen-bond donors (Lipinski definition) is 1. The van der Waals surface area contributed by atoms with E-state index >= 15 is 0 Å². The molecule has 1 amide bonds. The molecule has 0 radical (unpaired) electrons. The SMILES string of the molecule is Cc1nn(-c2ccccc2)c(C)c1CC(=O)N1C[C@@H](CS(=O)(=O)N(C)C)[C@H](O)C1. The van der Waals surface area contributed by atoms with Crippen LogP contribution in [0.2, 0.25) is 0 Å². The van der Waals surface area contributed by atoms with E-state index in [-0.39, 0.29) is 31.2 Å². The Labute approximate surface area is 171 Å². The maximum Gasteiger partial charge on any atom is 0.227 e. The third-order valence-corrected chi connectivity index (χ3v) is 7.47. The maximum absolute atomic E-state index is 12.9. The van der Waals surface area contributed by atoms with Gasteiger partial charge >= 0.3 is 0 Å². The number of sulfonamides is 1. The van der Waals surface area contributed by atoms with Gasteiger partial charge in [-0.25, -0.2) is 17.4 Å². The number of aliphatic hydroxyl groups excluding tert-OH is 1. The molecule has 1 N–H and O–H groups in total. The van der Waals surface area contributed by atoms with Crippen LogP contribution in [0.15, 0.2) is 30.3 Å². The molecule has 0 saturated carbocycles. The maximum atomic E-state index is 12.9. The lowest BCUT2D eigenvalue weighted by Crippen LogP contribution is -2.34. The Morgan fingerprint density at radius 3 is 2.48 bits per heavy atom. The number of aliphatic hydroxyl groups is 1. The normalized spacial score (nSPS) is 19.9. The van der Waals surface area contributed by atoms with Gasteiger partial charge in [0.15, 0.2) is 0 Å². The van der Waals surface area contributed by atoms with Crippen molar-refractivity contribution in [2.24, 2.45) is 5.92 Å². The van der Waals surface area contributed by atoms with Crippen LogP contribution >= 0.6 is 0 Å². The highest BCUT2D eigenvalue weighted by Crippen LogP contribution is 2.23. The number of likely N-dealkylation sites (tertiary alicyclic amines) is 1. The van der Waals surface area contributed by atoms with Gasteiger partial charge in [-0.2, -0.15) is 5.10 Å². The molecule has 9 heteroatoms. The average Bonchev–Trinajstić information content (AvgIpc) is 3.16. The molecule has 3 rings (SSSR count). The summed E-state index contributed by atoms with van der Waals surface area (Å²) in [5.74, 6) is -0.789. The molecular formula is C20H28N4O4S. The summed E-state index contributed by atoms with van der Waals surface area (Å²) >= 11 is 0. The molecule has 1 aliphatic heterocycles. The zero-order valence-electron chi connectivity index (χ0n) is 17.2. The van der Waals surface area contributed by atoms with Crippen molar-refractivity contribution in [2.75, 3.05) is 32.9 Å². The molecule has 2 aromatic rings. The molecule has 1 aromatic heterocycles. The zero-order valence-corrected chi connectivity index (χ0v) is 18.1. The lowest BCUT2D eigenvalue weighted by atomic mass is 10.1. The van der Waals surface area contributed by atoms with E-state index in [0.717, 1.165) is 26.9 Å². The Bertz CT molecular complexity index is 985. The van der Waals surface area contributed by atoms with Gasteiger partial charge in [0.1, 0.15) is 0 Å². The third kappa shape index (κ3) is 4.52. The van der Waals surface area contributed by atoms with Gasteiger partial charge in [-0.3, -0.25) is 4.79 Å². The number of aromatic nitrogens is 2. The highest BCUT2D eigenvalue weighted by atomic mass is 32.2. The van der Waals surface area contributed by atoms with Crippen LogP contribution in [0.5, 0.6) is 0 Å². The van der Waals surface area contributed by atoms with Gasteiger partial charge in [-0.05, 0) is 26.0 Å². The van der Waals surface area contributed by atoms with Gasteiger partial charge in [0, 0.05) is 44.4 Å². The summed E-state index contributed by atoms with van der Waals surface area (Å²) < 4.78 is 27.2. The van der Waals surface area contributed by atoms with Crippen LogP contribution in [-0.4, -0.2) is 77.5 Å². The number of aryl methyl sites for hydroxylation is 1. The quantitative estimate of drug-likeness (QED) is 0.744. The Kier molecular flexibility index (Phi) is 6.11. The summed E-state index contributed by atoms with van der Waals surface area (Å²) in [6.07, 6.45) is -0.674. The van der Waals surface area contributed by atoms with Gasteiger partial charge in [-0.15, -0.1) is 0 Å². The van der Waals surface area contributed by atoms with E-state index in [1.54, 1.807) is 4.90 Å². The molecule has 2 heterocycles. The molecule has 158 valence electrons. The standard InChI is InChI=1S/C20H28N4O4S/c1-14-18(15(2)24(21-14)17-8-6-5-7-9-17)10-20(26)23-11-16(19(25)12-23)13-29(27,28)22(3)4/h5-9,16,19,25H,10-13H2,1-4H3/t16-,19+/m0/s1. The smallest absolute Gasteiger partial charge is 0.227 e. The first-order valence-electron chi connectivity index (χ1n) is 9.56. The predicted octanol–water partition coefficient (Wildman–Crippen LogP) is 0.742. The van der Waals surface area contributed by atoms with E-state index in [1.165, 1.54) is 14.1 Å². The molecular weight excluding hydrogens is 392 g/mol. The van der Waals surface area contributed by atoms with Crippen LogP contribution in [0.3, 0.4) is 0 Å². The average molecular weight is 421 g/mol. The Morgan fingerprint density at radius 1 is 1.21 bits per heavy atom. The van der Waals surface area contributed by atoms with Crippen LogP contribution in [0, 0.1) is 19.8 Å². The van der Waals surface area contributed by atoms with E-state index in [9.17, 15) is 18.3 Å². The Balaban J connectivity index is 1.72. The molecule has 0 aliphatic carbocycles. The van der Waals surface area contributed by atoms with Crippen LogP contribution < -0.4 is 0 Å². The van der Waals surface area contributed by atoms with Gasteiger partial charge in [0.25, 0.3) is 0 Å². The molecule has 0 spiro atoms. The number of nitrogens with zero attached hydrogens (tertiary/aromatic N) is 4. The number of hydrogen-bond acceptors (Lipinski definition) is 5. The van der Waals surface area contributed by atoms with Crippen LogP contribution in [0.4, 0.5) is 0 Å². The fourth-order valence-electron chi connectivity index (χ4n) is 3.66. The molecule has 8 nitrogen and oxygen atoms in total. The van der Waals surface area contributed by atoms with E-state index in [1.807, 2.05) is 48.9 Å². The molecule has 2 atom stereocenters. The lowest BCUT2D eigenvalue weighted by molar-refractivity contribution is -0.129. The van der Waals surface area contributed by atoms with Crippen molar-refractivity contribution in [2.45, 2.75) is 26.4 Å². The highest BCUT2D eigenvalue weighted by Gasteiger charge is 2.37. The van der Waals surface area contributed by atoms with E-state index in [4.69, 9.17) is 0 Å². The van der Waals surface area contributed by atoms with Crippen LogP contribution in [0.1, 0.15) is 17.0 Å². The van der Waals surface area contributed by atoms with E-state index in [2.05, 4.69) is 5.10 Å². The second-order valence-corrected chi connectivity index (χ2v) is 9.99. The van der Waals surface area contributed by atoms with Gasteiger partial charge in [0.05, 0.1) is 29.7 Å². The minimum absolute atomic E-state index is 0.132. The summed E-state index contributed by atoms with van der Waals surface area (Å²) in [6.45, 7) is 4.19. The zero-order chi connectivity index (χ0) is 21.3. The number of amides is 1. The molecule has 1 saturated heterocycles. The monoisotopic (exact) mass is 420 g/mol. The summed E-state index contributed by atoms with van der Waals surface area (Å²) in [5.41, 5.74) is 3.47. The number of para-hydroxylation sites is 1. The molecule has 1 aromatic carbocycles. The Morgan fingerprint density at radius 2 is 1.86 bits per heavy atom. The van der Waals surface area contributed by atoms with Crippen molar-refractivity contribution in [3.63, 3.8) is 0 Å². The van der Waals surface area contributed by atoms with E-state index < -0.39 is 22.0 Å². The fourth-order valence-corrected chi connectivity index (χ4v) is 4.82. The van der Waals surface area contributed by atoms with Crippen molar-refractivity contribution in [1.29, 1.82) is 0 Å². The van der Waals surface area contributed by atoms with Gasteiger partial charge in [-0.1, -0.05) is 18.2 Å².